The summed E-state index contributed by atoms with van der Waals surface area (Å²) in [6, 6.07) is 8.65. The van der Waals surface area contributed by atoms with Gasteiger partial charge in [0.05, 0.1) is 11.8 Å². The van der Waals surface area contributed by atoms with Gasteiger partial charge in [-0.25, -0.2) is 9.97 Å². The number of nitrogens with zero attached hydrogens (tertiary/aromatic N) is 4. The van der Waals surface area contributed by atoms with Crippen molar-refractivity contribution in [1.29, 1.82) is 0 Å². The molecule has 0 aliphatic carbocycles. The van der Waals surface area contributed by atoms with E-state index in [-0.39, 0.29) is 11.7 Å². The zero-order chi connectivity index (χ0) is 24.0. The van der Waals surface area contributed by atoms with Crippen LogP contribution in [-0.2, 0) is 11.5 Å². The number of hydrogen-bond donors (Lipinski definition) is 1. The summed E-state index contributed by atoms with van der Waals surface area (Å²) in [7, 11) is -1.19. The van der Waals surface area contributed by atoms with Crippen LogP contribution in [0, 0.1) is 5.41 Å². The van der Waals surface area contributed by atoms with Gasteiger partial charge < -0.3 is 14.4 Å². The van der Waals surface area contributed by atoms with Crippen molar-refractivity contribution in [2.24, 2.45) is 5.41 Å². The quantitative estimate of drug-likeness (QED) is 0.218. The first-order valence-corrected chi connectivity index (χ1v) is 14.9. The Morgan fingerprint density at radius 2 is 1.88 bits per heavy atom. The third-order valence-corrected chi connectivity index (χ3v) is 7.35. The summed E-state index contributed by atoms with van der Waals surface area (Å²) in [6.45, 7) is 13.6. The minimum absolute atomic E-state index is 0.0123. The van der Waals surface area contributed by atoms with Gasteiger partial charge in [0.2, 0.25) is 5.88 Å². The molecule has 0 fully saturated rings. The lowest BCUT2D eigenvalue weighted by molar-refractivity contribution is 0.0849. The van der Waals surface area contributed by atoms with Gasteiger partial charge in [-0.15, -0.1) is 0 Å². The molecule has 3 aromatic heterocycles. The monoisotopic (exact) mass is 464 g/mol. The molecule has 3 heterocycles. The van der Waals surface area contributed by atoms with E-state index in [1.807, 2.05) is 55.8 Å². The van der Waals surface area contributed by atoms with Gasteiger partial charge in [-0.05, 0) is 12.1 Å². The highest BCUT2D eigenvalue weighted by atomic mass is 28.3. The lowest BCUT2D eigenvalue weighted by Crippen LogP contribution is -2.22. The van der Waals surface area contributed by atoms with E-state index in [1.54, 1.807) is 17.0 Å². The maximum absolute atomic E-state index is 13.2. The summed E-state index contributed by atoms with van der Waals surface area (Å²) in [5.74, 6) is 0.537. The van der Waals surface area contributed by atoms with Crippen LogP contribution in [0.4, 0.5) is 0 Å². The Morgan fingerprint density at radius 3 is 2.55 bits per heavy atom. The molecule has 0 saturated heterocycles. The van der Waals surface area contributed by atoms with E-state index in [9.17, 15) is 9.90 Å². The first-order valence-electron chi connectivity index (χ1n) is 11.2. The largest absolute Gasteiger partial charge is 0.494 e. The molecule has 0 bridgehead atoms. The van der Waals surface area contributed by atoms with Gasteiger partial charge in [-0.3, -0.25) is 9.36 Å². The average molecular weight is 465 g/mol. The summed E-state index contributed by atoms with van der Waals surface area (Å²) < 4.78 is 9.38. The Kier molecular flexibility index (Phi) is 5.92. The normalized spacial score (nSPS) is 12.7. The van der Waals surface area contributed by atoms with Crippen molar-refractivity contribution in [3.8, 4) is 11.7 Å². The molecule has 174 valence electrons. The molecule has 0 saturated carbocycles. The van der Waals surface area contributed by atoms with Crippen molar-refractivity contribution in [3.05, 3.63) is 48.4 Å². The van der Waals surface area contributed by atoms with Crippen LogP contribution in [0.2, 0.25) is 25.7 Å². The molecule has 4 aromatic rings. The van der Waals surface area contributed by atoms with E-state index >= 15 is 0 Å². The number of ketones is 1. The smallest absolute Gasteiger partial charge is 0.204 e. The van der Waals surface area contributed by atoms with Crippen molar-refractivity contribution >= 4 is 35.8 Å². The third kappa shape index (κ3) is 4.72. The summed E-state index contributed by atoms with van der Waals surface area (Å²) >= 11 is 0. The fraction of sp³-hybridized carbons (Fsp3) is 0.400. The number of hydrogen-bond acceptors (Lipinski definition) is 5. The Bertz CT molecular complexity index is 1330. The molecule has 4 rings (SSSR count). The predicted molar refractivity (Wildman–Crippen MR) is 134 cm³/mol. The molecule has 0 aliphatic heterocycles. The molecule has 0 aliphatic rings. The fourth-order valence-electron chi connectivity index (χ4n) is 3.69. The summed E-state index contributed by atoms with van der Waals surface area (Å²) in [5, 5.41) is 12.4. The van der Waals surface area contributed by atoms with Crippen LogP contribution in [-0.4, -0.2) is 44.7 Å². The van der Waals surface area contributed by atoms with Crippen molar-refractivity contribution < 1.29 is 14.6 Å². The Labute approximate surface area is 195 Å². The van der Waals surface area contributed by atoms with Crippen LogP contribution in [0.3, 0.4) is 0 Å². The first kappa shape index (κ1) is 23.2. The van der Waals surface area contributed by atoms with Gasteiger partial charge in [0, 0.05) is 43.3 Å². The van der Waals surface area contributed by atoms with Crippen molar-refractivity contribution in [2.75, 3.05) is 6.61 Å². The molecule has 7 nitrogen and oxygen atoms in total. The number of aromatic nitrogens is 4. The van der Waals surface area contributed by atoms with Crippen LogP contribution in [0.25, 0.3) is 27.8 Å². The van der Waals surface area contributed by atoms with E-state index < -0.39 is 13.5 Å². The number of carbonyl (C=O) groups excluding carboxylic acids is 1. The maximum atomic E-state index is 13.2. The topological polar surface area (TPSA) is 82.2 Å². The highest BCUT2D eigenvalue weighted by Crippen LogP contribution is 2.31. The molecule has 0 radical (unpaired) electrons. The molecule has 0 atom stereocenters. The molecular formula is C25H32N4O3Si. The molecule has 0 unspecified atom stereocenters. The standard InChI is InChI=1S/C25H32N4O3Si/c1-25(2,3)22(30)19-15-28(16-32-11-12-33(4,5)6)23-21(19)27-20(13-26-23)29-14-17-9-7-8-10-18(17)24(29)31/h7-10,13-15,31H,11-12,16H2,1-6H3. The van der Waals surface area contributed by atoms with Crippen molar-refractivity contribution in [1.82, 2.24) is 19.1 Å². The van der Waals surface area contributed by atoms with Crippen LogP contribution < -0.4 is 0 Å². The van der Waals surface area contributed by atoms with Crippen LogP contribution in [0.5, 0.6) is 5.88 Å². The third-order valence-electron chi connectivity index (χ3n) is 5.65. The van der Waals surface area contributed by atoms with E-state index in [2.05, 4.69) is 24.6 Å². The lowest BCUT2D eigenvalue weighted by Gasteiger charge is -2.16. The lowest BCUT2D eigenvalue weighted by atomic mass is 9.87. The summed E-state index contributed by atoms with van der Waals surface area (Å²) in [6.07, 6.45) is 5.23. The second-order valence-corrected chi connectivity index (χ2v) is 16.4. The van der Waals surface area contributed by atoms with Gasteiger partial charge >= 0.3 is 0 Å². The molecule has 1 aromatic carbocycles. The fourth-order valence-corrected chi connectivity index (χ4v) is 4.44. The van der Waals surface area contributed by atoms with E-state index in [0.717, 1.165) is 16.8 Å². The number of carbonyl (C=O) groups is 1. The molecule has 0 spiro atoms. The first-order chi connectivity index (χ1) is 15.5. The van der Waals surface area contributed by atoms with E-state index in [1.165, 1.54) is 0 Å². The number of aromatic hydroxyl groups is 1. The van der Waals surface area contributed by atoms with Crippen molar-refractivity contribution in [3.63, 3.8) is 0 Å². The Balaban J connectivity index is 1.76. The predicted octanol–water partition coefficient (Wildman–Crippen LogP) is 5.62. The number of benzene rings is 1. The summed E-state index contributed by atoms with van der Waals surface area (Å²) in [4.78, 5) is 22.6. The zero-order valence-electron chi connectivity index (χ0n) is 20.2. The number of fused-ring (bicyclic) bond motifs is 2. The Hall–Kier alpha value is -2.97. The molecular weight excluding hydrogens is 432 g/mol. The van der Waals surface area contributed by atoms with Crippen LogP contribution >= 0.6 is 0 Å². The Morgan fingerprint density at radius 1 is 1.15 bits per heavy atom. The number of rotatable bonds is 7. The number of Topliss-reactive ketones (excluding diaryl/α,β-unsaturated/α-hetero) is 1. The van der Waals surface area contributed by atoms with Gasteiger partial charge in [0.15, 0.2) is 17.2 Å². The highest BCUT2D eigenvalue weighted by molar-refractivity contribution is 6.76. The van der Waals surface area contributed by atoms with Gasteiger partial charge in [-0.2, -0.15) is 0 Å². The second-order valence-electron chi connectivity index (χ2n) is 10.8. The highest BCUT2D eigenvalue weighted by Gasteiger charge is 2.28. The second kappa shape index (κ2) is 8.42. The molecule has 0 amide bonds. The van der Waals surface area contributed by atoms with Gasteiger partial charge in [0.25, 0.3) is 0 Å². The average Bonchev–Trinajstić information content (AvgIpc) is 3.27. The maximum Gasteiger partial charge on any atom is 0.204 e. The van der Waals surface area contributed by atoms with E-state index in [4.69, 9.17) is 9.72 Å². The van der Waals surface area contributed by atoms with Crippen LogP contribution in [0.1, 0.15) is 31.1 Å². The van der Waals surface area contributed by atoms with Gasteiger partial charge in [-0.1, -0.05) is 58.6 Å². The number of ether oxygens (including phenoxy) is 1. The van der Waals surface area contributed by atoms with Gasteiger partial charge in [0.1, 0.15) is 12.2 Å². The van der Waals surface area contributed by atoms with E-state index in [0.29, 0.717) is 35.9 Å². The summed E-state index contributed by atoms with van der Waals surface area (Å²) in [5.41, 5.74) is 1.05. The minimum atomic E-state index is -1.19. The molecule has 33 heavy (non-hydrogen) atoms. The SMILES string of the molecule is CC(C)(C)C(=O)c1cn(COCC[Si](C)(C)C)c2ncc(-n3cc4ccccc4c3O)nc12. The zero-order valence-corrected chi connectivity index (χ0v) is 21.2. The van der Waals surface area contributed by atoms with Crippen molar-refractivity contribution in [2.45, 2.75) is 53.2 Å². The van der Waals surface area contributed by atoms with Crippen LogP contribution in [0.15, 0.2) is 42.9 Å². The molecule has 8 heteroatoms. The minimum Gasteiger partial charge on any atom is -0.494 e. The molecule has 1 N–H and O–H groups in total.